The quantitative estimate of drug-likeness (QED) is 0.638. The Kier molecular flexibility index (Phi) is 8.93. The minimum Gasteiger partial charge on any atom is -0.481 e. The summed E-state index contributed by atoms with van der Waals surface area (Å²) in [5.74, 6) is -3.01. The van der Waals surface area contributed by atoms with Crippen molar-refractivity contribution in [3.63, 3.8) is 0 Å². The largest absolute Gasteiger partial charge is 0.481 e. The minimum atomic E-state index is -1.05. The van der Waals surface area contributed by atoms with Gasteiger partial charge in [-0.3, -0.25) is 14.4 Å². The van der Waals surface area contributed by atoms with Crippen LogP contribution < -0.4 is 0 Å². The first-order chi connectivity index (χ1) is 11.7. The predicted molar refractivity (Wildman–Crippen MR) is 92.8 cm³/mol. The summed E-state index contributed by atoms with van der Waals surface area (Å²) in [6, 6.07) is 0. The van der Waals surface area contributed by atoms with Gasteiger partial charge in [0.1, 0.15) is 0 Å². The molecule has 0 saturated heterocycles. The molecule has 1 fully saturated rings. The van der Waals surface area contributed by atoms with E-state index in [0.29, 0.717) is 37.9 Å². The summed E-state index contributed by atoms with van der Waals surface area (Å²) in [5, 5.41) is 9.46. The molecule has 0 radical (unpaired) electrons. The van der Waals surface area contributed by atoms with Crippen molar-refractivity contribution in [3.05, 3.63) is 0 Å². The van der Waals surface area contributed by atoms with Crippen LogP contribution in [0.4, 0.5) is 0 Å². The molecule has 0 aromatic rings. The molecule has 0 heterocycles. The maximum Gasteiger partial charge on any atom is 0.309 e. The molecule has 0 aromatic carbocycles. The molecule has 1 aliphatic rings. The van der Waals surface area contributed by atoms with Crippen LogP contribution in [-0.2, 0) is 23.9 Å². The Morgan fingerprint density at radius 1 is 0.880 bits per heavy atom. The first-order valence-corrected chi connectivity index (χ1v) is 9.28. The lowest BCUT2D eigenvalue weighted by molar-refractivity contribution is -0.164. The van der Waals surface area contributed by atoms with Crippen LogP contribution in [0, 0.1) is 29.6 Å². The van der Waals surface area contributed by atoms with Crippen molar-refractivity contribution in [2.24, 2.45) is 29.6 Å². The molecular weight excluding hydrogens is 324 g/mol. The van der Waals surface area contributed by atoms with Crippen molar-refractivity contribution in [2.75, 3.05) is 13.2 Å². The number of hydrogen-bond acceptors (Lipinski definition) is 5. The highest BCUT2D eigenvalue weighted by molar-refractivity contribution is 5.83. The summed E-state index contributed by atoms with van der Waals surface area (Å²) in [5.41, 5.74) is 0. The molecule has 1 N–H and O–H groups in total. The van der Waals surface area contributed by atoms with E-state index in [4.69, 9.17) is 9.47 Å². The average Bonchev–Trinajstić information content (AvgIpc) is 2.53. The van der Waals surface area contributed by atoms with Crippen LogP contribution in [0.25, 0.3) is 0 Å². The molecule has 0 spiro atoms. The topological polar surface area (TPSA) is 89.9 Å². The number of esters is 2. The molecule has 0 aromatic heterocycles. The Hall–Kier alpha value is -1.59. The van der Waals surface area contributed by atoms with Gasteiger partial charge in [-0.25, -0.2) is 0 Å². The predicted octanol–water partition coefficient (Wildman–Crippen LogP) is 3.28. The van der Waals surface area contributed by atoms with E-state index >= 15 is 0 Å². The van der Waals surface area contributed by atoms with Crippen LogP contribution in [0.3, 0.4) is 0 Å². The van der Waals surface area contributed by atoms with E-state index in [9.17, 15) is 19.5 Å². The molecule has 6 nitrogen and oxygen atoms in total. The highest BCUT2D eigenvalue weighted by atomic mass is 16.5. The molecule has 0 aliphatic heterocycles. The second-order valence-electron chi connectivity index (χ2n) is 7.76. The fraction of sp³-hybridized carbons (Fsp3) is 0.842. The average molecular weight is 356 g/mol. The third-order valence-electron chi connectivity index (χ3n) is 4.68. The van der Waals surface area contributed by atoms with Crippen LogP contribution in [0.2, 0.25) is 0 Å². The number of aliphatic carboxylic acids is 1. The van der Waals surface area contributed by atoms with Crippen molar-refractivity contribution >= 4 is 17.9 Å². The van der Waals surface area contributed by atoms with E-state index in [1.807, 2.05) is 27.7 Å². The number of carbonyl (C=O) groups excluding carboxylic acids is 2. The van der Waals surface area contributed by atoms with Gasteiger partial charge >= 0.3 is 17.9 Å². The summed E-state index contributed by atoms with van der Waals surface area (Å²) in [4.78, 5) is 35.9. The first-order valence-electron chi connectivity index (χ1n) is 9.28. The Morgan fingerprint density at radius 2 is 1.40 bits per heavy atom. The van der Waals surface area contributed by atoms with Crippen molar-refractivity contribution in [1.29, 1.82) is 0 Å². The normalized spacial score (nSPS) is 23.5. The number of carbonyl (C=O) groups is 3. The Balaban J connectivity index is 2.56. The lowest BCUT2D eigenvalue weighted by Crippen LogP contribution is -2.39. The van der Waals surface area contributed by atoms with Crippen molar-refractivity contribution in [1.82, 2.24) is 0 Å². The van der Waals surface area contributed by atoms with E-state index in [1.165, 1.54) is 0 Å². The van der Waals surface area contributed by atoms with Gasteiger partial charge in [0.05, 0.1) is 31.0 Å². The number of carboxylic acid groups (broad SMARTS) is 1. The Morgan fingerprint density at radius 3 is 1.88 bits per heavy atom. The highest BCUT2D eigenvalue weighted by Crippen LogP contribution is 2.36. The van der Waals surface area contributed by atoms with Gasteiger partial charge < -0.3 is 14.6 Å². The van der Waals surface area contributed by atoms with Gasteiger partial charge in [0, 0.05) is 0 Å². The molecule has 3 atom stereocenters. The Labute approximate surface area is 150 Å². The van der Waals surface area contributed by atoms with E-state index in [2.05, 4.69) is 0 Å². The first kappa shape index (κ1) is 21.5. The lowest BCUT2D eigenvalue weighted by atomic mass is 9.74. The minimum absolute atomic E-state index is 0.139. The fourth-order valence-electron chi connectivity index (χ4n) is 2.96. The standard InChI is InChI=1S/C19H32O6/c1-12(2)7-9-24-18(22)14-5-6-15(16(11-14)17(20)21)19(23)25-10-8-13(3)4/h12-16H,5-11H2,1-4H3,(H,20,21). The van der Waals surface area contributed by atoms with Crippen LogP contribution in [0.1, 0.15) is 59.8 Å². The fourth-order valence-corrected chi connectivity index (χ4v) is 2.96. The van der Waals surface area contributed by atoms with Crippen molar-refractivity contribution < 1.29 is 29.0 Å². The second kappa shape index (κ2) is 10.4. The van der Waals surface area contributed by atoms with E-state index in [-0.39, 0.29) is 12.4 Å². The maximum atomic E-state index is 12.2. The van der Waals surface area contributed by atoms with Gasteiger partial charge in [-0.15, -0.1) is 0 Å². The third kappa shape index (κ3) is 7.45. The number of rotatable bonds is 9. The van der Waals surface area contributed by atoms with E-state index in [0.717, 1.165) is 12.8 Å². The highest BCUT2D eigenvalue weighted by Gasteiger charge is 2.42. The lowest BCUT2D eigenvalue weighted by Gasteiger charge is -2.31. The number of hydrogen-bond donors (Lipinski definition) is 1. The smallest absolute Gasteiger partial charge is 0.309 e. The van der Waals surface area contributed by atoms with E-state index < -0.39 is 29.7 Å². The summed E-state index contributed by atoms with van der Waals surface area (Å²) in [6.07, 6.45) is 2.49. The monoisotopic (exact) mass is 356 g/mol. The van der Waals surface area contributed by atoms with E-state index in [1.54, 1.807) is 0 Å². The summed E-state index contributed by atoms with van der Waals surface area (Å²) < 4.78 is 10.5. The second-order valence-corrected chi connectivity index (χ2v) is 7.76. The molecule has 1 rings (SSSR count). The SMILES string of the molecule is CC(C)CCOC(=O)C1CCC(C(=O)OCCC(C)C)C(C(=O)O)C1. The zero-order valence-corrected chi connectivity index (χ0v) is 15.8. The summed E-state index contributed by atoms with van der Waals surface area (Å²) in [6.45, 7) is 8.81. The molecule has 1 saturated carbocycles. The number of ether oxygens (including phenoxy) is 2. The molecule has 6 heteroatoms. The zero-order valence-electron chi connectivity index (χ0n) is 15.8. The van der Waals surface area contributed by atoms with Gasteiger partial charge in [0.25, 0.3) is 0 Å². The van der Waals surface area contributed by atoms with Gasteiger partial charge in [0.2, 0.25) is 0 Å². The molecule has 3 unspecified atom stereocenters. The van der Waals surface area contributed by atoms with Crippen LogP contribution >= 0.6 is 0 Å². The zero-order chi connectivity index (χ0) is 19.0. The van der Waals surface area contributed by atoms with Gasteiger partial charge in [-0.05, 0) is 43.9 Å². The molecule has 0 bridgehead atoms. The number of carboxylic acids is 1. The van der Waals surface area contributed by atoms with Crippen LogP contribution in [0.5, 0.6) is 0 Å². The van der Waals surface area contributed by atoms with Gasteiger partial charge in [0.15, 0.2) is 0 Å². The molecular formula is C19H32O6. The van der Waals surface area contributed by atoms with Crippen LogP contribution in [0.15, 0.2) is 0 Å². The molecule has 25 heavy (non-hydrogen) atoms. The van der Waals surface area contributed by atoms with Crippen molar-refractivity contribution in [3.8, 4) is 0 Å². The third-order valence-corrected chi connectivity index (χ3v) is 4.68. The van der Waals surface area contributed by atoms with Gasteiger partial charge in [-0.1, -0.05) is 27.7 Å². The molecule has 0 amide bonds. The summed E-state index contributed by atoms with van der Waals surface area (Å²) >= 11 is 0. The van der Waals surface area contributed by atoms with Crippen LogP contribution in [-0.4, -0.2) is 36.2 Å². The summed E-state index contributed by atoms with van der Waals surface area (Å²) in [7, 11) is 0. The Bertz CT molecular complexity index is 457. The molecule has 1 aliphatic carbocycles. The molecule has 144 valence electrons. The van der Waals surface area contributed by atoms with Crippen molar-refractivity contribution in [2.45, 2.75) is 59.8 Å². The maximum absolute atomic E-state index is 12.2. The van der Waals surface area contributed by atoms with Gasteiger partial charge in [-0.2, -0.15) is 0 Å².